The van der Waals surface area contributed by atoms with Gasteiger partial charge in [0.2, 0.25) is 0 Å². The van der Waals surface area contributed by atoms with Crippen LogP contribution in [0, 0.1) is 0 Å². The Morgan fingerprint density at radius 3 is 2.40 bits per heavy atom. The van der Waals surface area contributed by atoms with Gasteiger partial charge in [0.05, 0.1) is 12.8 Å². The summed E-state index contributed by atoms with van der Waals surface area (Å²) in [6.07, 6.45) is 0. The molecule has 0 heterocycles. The monoisotopic (exact) mass is 137 g/mol. The molecule has 0 spiro atoms. The van der Waals surface area contributed by atoms with E-state index < -0.39 is 0 Å². The summed E-state index contributed by atoms with van der Waals surface area (Å²) in [4.78, 5) is 4.64. The van der Waals surface area contributed by atoms with Crippen LogP contribution in [0.25, 0.3) is 0 Å². The van der Waals surface area contributed by atoms with Crippen LogP contribution in [-0.2, 0) is 4.84 Å². The number of para-hydroxylation sites is 1. The summed E-state index contributed by atoms with van der Waals surface area (Å²) in [7, 11) is 1.46. The quantitative estimate of drug-likeness (QED) is 0.575. The van der Waals surface area contributed by atoms with E-state index >= 15 is 0 Å². The lowest BCUT2D eigenvalue weighted by Gasteiger charge is -2.12. The number of anilines is 1. The minimum Gasteiger partial charge on any atom is -0.260 e. The summed E-state index contributed by atoms with van der Waals surface area (Å²) < 4.78 is 0. The van der Waals surface area contributed by atoms with E-state index in [9.17, 15) is 0 Å². The van der Waals surface area contributed by atoms with Crippen molar-refractivity contribution in [1.82, 2.24) is 5.84 Å². The van der Waals surface area contributed by atoms with Crippen LogP contribution in [0.1, 0.15) is 0 Å². The summed E-state index contributed by atoms with van der Waals surface area (Å²) in [5, 5.41) is 0.958. The Kier molecular flexibility index (Phi) is 2.25. The highest BCUT2D eigenvalue weighted by molar-refractivity contribution is 5.41. The SMILES string of the molecule is CON([NH])c1ccccc1. The smallest absolute Gasteiger partial charge is 0.0837 e. The average molecular weight is 137 g/mol. The van der Waals surface area contributed by atoms with Crippen molar-refractivity contribution in [3.8, 4) is 0 Å². The van der Waals surface area contributed by atoms with Gasteiger partial charge in [-0.05, 0) is 12.1 Å². The molecule has 0 saturated heterocycles. The molecule has 0 fully saturated rings. The topological polar surface area (TPSA) is 36.3 Å². The van der Waals surface area contributed by atoms with Gasteiger partial charge < -0.3 is 0 Å². The fourth-order valence-electron chi connectivity index (χ4n) is 0.669. The molecule has 1 aromatic rings. The maximum Gasteiger partial charge on any atom is 0.0837 e. The predicted octanol–water partition coefficient (Wildman–Crippen LogP) is 1.25. The summed E-state index contributed by atoms with van der Waals surface area (Å²) in [6, 6.07) is 9.21. The molecular weight excluding hydrogens is 128 g/mol. The van der Waals surface area contributed by atoms with Crippen molar-refractivity contribution in [1.29, 1.82) is 0 Å². The molecule has 0 bridgehead atoms. The van der Waals surface area contributed by atoms with Crippen LogP contribution < -0.4 is 11.0 Å². The number of nitrogens with zero attached hydrogens (tertiary/aromatic N) is 1. The number of rotatable bonds is 2. The second-order valence-electron chi connectivity index (χ2n) is 1.81. The van der Waals surface area contributed by atoms with Crippen molar-refractivity contribution in [3.05, 3.63) is 30.3 Å². The van der Waals surface area contributed by atoms with Crippen molar-refractivity contribution in [3.63, 3.8) is 0 Å². The molecule has 3 nitrogen and oxygen atoms in total. The van der Waals surface area contributed by atoms with Gasteiger partial charge in [0.25, 0.3) is 0 Å². The van der Waals surface area contributed by atoms with Crippen LogP contribution in [-0.4, -0.2) is 7.11 Å². The molecule has 1 rings (SSSR count). The summed E-state index contributed by atoms with van der Waals surface area (Å²) >= 11 is 0. The van der Waals surface area contributed by atoms with Gasteiger partial charge in [0.1, 0.15) is 0 Å². The van der Waals surface area contributed by atoms with Crippen molar-refractivity contribution in [2.75, 3.05) is 12.3 Å². The van der Waals surface area contributed by atoms with E-state index in [0.717, 1.165) is 10.9 Å². The number of hydrogen-bond donors (Lipinski definition) is 0. The van der Waals surface area contributed by atoms with Gasteiger partial charge in [-0.15, -0.1) is 5.84 Å². The first-order chi connectivity index (χ1) is 4.84. The molecule has 53 valence electrons. The second kappa shape index (κ2) is 3.20. The lowest BCUT2D eigenvalue weighted by Crippen LogP contribution is -2.17. The zero-order chi connectivity index (χ0) is 7.40. The normalized spacial score (nSPS) is 9.40. The molecule has 0 aliphatic heterocycles. The van der Waals surface area contributed by atoms with Crippen molar-refractivity contribution < 1.29 is 4.84 Å². The Morgan fingerprint density at radius 1 is 1.30 bits per heavy atom. The van der Waals surface area contributed by atoms with Gasteiger partial charge in [-0.25, -0.2) is 0 Å². The first-order valence-corrected chi connectivity index (χ1v) is 2.95. The highest BCUT2D eigenvalue weighted by atomic mass is 16.7. The summed E-state index contributed by atoms with van der Waals surface area (Å²) in [6.45, 7) is 0. The minimum absolute atomic E-state index is 0.727. The van der Waals surface area contributed by atoms with E-state index in [1.54, 1.807) is 12.1 Å². The Hall–Kier alpha value is -1.06. The van der Waals surface area contributed by atoms with E-state index in [0.29, 0.717) is 0 Å². The fourth-order valence-corrected chi connectivity index (χ4v) is 0.669. The predicted molar refractivity (Wildman–Crippen MR) is 39.0 cm³/mol. The molecule has 1 N–H and O–H groups in total. The van der Waals surface area contributed by atoms with Gasteiger partial charge in [-0.1, -0.05) is 18.2 Å². The Morgan fingerprint density at radius 2 is 1.90 bits per heavy atom. The molecule has 0 saturated carbocycles. The van der Waals surface area contributed by atoms with Crippen LogP contribution in [0.15, 0.2) is 30.3 Å². The van der Waals surface area contributed by atoms with Gasteiger partial charge in [-0.2, -0.15) is 5.17 Å². The molecule has 1 aromatic carbocycles. The molecule has 0 aliphatic carbocycles. The minimum atomic E-state index is 0.727. The standard InChI is InChI=1S/C7H9N2O/c1-10-9(8)7-5-3-2-4-6-7/h2-6,8H,1H3. The van der Waals surface area contributed by atoms with Crippen LogP contribution in [0.3, 0.4) is 0 Å². The van der Waals surface area contributed by atoms with Crippen LogP contribution in [0.2, 0.25) is 0 Å². The highest BCUT2D eigenvalue weighted by Crippen LogP contribution is 2.08. The van der Waals surface area contributed by atoms with Crippen molar-refractivity contribution >= 4 is 5.69 Å². The number of nitrogens with one attached hydrogen (secondary N) is 1. The lowest BCUT2D eigenvalue weighted by molar-refractivity contribution is 0.162. The first-order valence-electron chi connectivity index (χ1n) is 2.95. The Labute approximate surface area is 59.9 Å². The molecule has 0 aliphatic rings. The van der Waals surface area contributed by atoms with E-state index in [1.807, 2.05) is 18.2 Å². The third-order valence-corrected chi connectivity index (χ3v) is 1.17. The second-order valence-corrected chi connectivity index (χ2v) is 1.81. The van der Waals surface area contributed by atoms with Gasteiger partial charge in [0.15, 0.2) is 0 Å². The third kappa shape index (κ3) is 1.46. The summed E-state index contributed by atoms with van der Waals surface area (Å²) in [5.74, 6) is 7.17. The van der Waals surface area contributed by atoms with E-state index in [1.165, 1.54) is 7.11 Å². The average Bonchev–Trinajstić information content (AvgIpc) is 2.05. The number of hydrogen-bond acceptors (Lipinski definition) is 2. The Bertz CT molecular complexity index is 188. The zero-order valence-electron chi connectivity index (χ0n) is 5.74. The molecule has 10 heavy (non-hydrogen) atoms. The van der Waals surface area contributed by atoms with Crippen molar-refractivity contribution in [2.24, 2.45) is 0 Å². The van der Waals surface area contributed by atoms with Gasteiger partial charge >= 0.3 is 0 Å². The Balaban J connectivity index is 2.75. The third-order valence-electron chi connectivity index (χ3n) is 1.17. The number of benzene rings is 1. The molecule has 0 atom stereocenters. The molecular formula is C7H9N2O. The molecule has 1 radical (unpaired) electrons. The van der Waals surface area contributed by atoms with Crippen molar-refractivity contribution in [2.45, 2.75) is 0 Å². The van der Waals surface area contributed by atoms with Crippen LogP contribution in [0.5, 0.6) is 0 Å². The van der Waals surface area contributed by atoms with Gasteiger partial charge in [-0.3, -0.25) is 4.84 Å². The molecule has 0 unspecified atom stereocenters. The maximum absolute atomic E-state index is 7.17. The first kappa shape index (κ1) is 7.05. The fraction of sp³-hybridized carbons (Fsp3) is 0.143. The maximum atomic E-state index is 7.17. The lowest BCUT2D eigenvalue weighted by atomic mass is 10.3. The highest BCUT2D eigenvalue weighted by Gasteiger charge is 1.95. The van der Waals surface area contributed by atoms with E-state index in [4.69, 9.17) is 5.84 Å². The molecule has 3 heteroatoms. The molecule has 0 amide bonds. The van der Waals surface area contributed by atoms with Gasteiger partial charge in [0, 0.05) is 0 Å². The van der Waals surface area contributed by atoms with E-state index in [-0.39, 0.29) is 0 Å². The van der Waals surface area contributed by atoms with E-state index in [2.05, 4.69) is 4.84 Å². The largest absolute Gasteiger partial charge is 0.260 e. The molecule has 0 aromatic heterocycles. The zero-order valence-corrected chi connectivity index (χ0v) is 5.74. The summed E-state index contributed by atoms with van der Waals surface area (Å²) in [5.41, 5.74) is 0.727. The van der Waals surface area contributed by atoms with Crippen LogP contribution >= 0.6 is 0 Å². The van der Waals surface area contributed by atoms with Crippen LogP contribution in [0.4, 0.5) is 5.69 Å².